The molecule has 5 nitrogen and oxygen atoms in total. The van der Waals surface area contributed by atoms with Crippen molar-refractivity contribution in [3.8, 4) is 11.5 Å². The van der Waals surface area contributed by atoms with E-state index in [1.165, 1.54) is 0 Å². The van der Waals surface area contributed by atoms with Gasteiger partial charge in [-0.15, -0.1) is 0 Å². The van der Waals surface area contributed by atoms with Crippen molar-refractivity contribution in [2.24, 2.45) is 0 Å². The van der Waals surface area contributed by atoms with E-state index in [1.54, 1.807) is 0 Å². The van der Waals surface area contributed by atoms with E-state index in [0.717, 1.165) is 26.7 Å². The number of nitrogens with one attached hydrogen (secondary N) is 2. The minimum Gasteiger partial charge on any atom is -0.454 e. The van der Waals surface area contributed by atoms with Crippen LogP contribution in [0.15, 0.2) is 46.9 Å². The second kappa shape index (κ2) is 5.62. The van der Waals surface area contributed by atoms with Crippen LogP contribution in [0.5, 0.6) is 11.5 Å². The van der Waals surface area contributed by atoms with Crippen LogP contribution in [0.2, 0.25) is 0 Å². The highest BCUT2D eigenvalue weighted by molar-refractivity contribution is 9.10. The third-order valence-corrected chi connectivity index (χ3v) is 4.21. The molecule has 2 aromatic carbocycles. The predicted octanol–water partition coefficient (Wildman–Crippen LogP) is 3.59. The largest absolute Gasteiger partial charge is 0.454 e. The van der Waals surface area contributed by atoms with E-state index in [9.17, 15) is 4.79 Å². The first-order chi connectivity index (χ1) is 11.2. The van der Waals surface area contributed by atoms with Gasteiger partial charge in [0.2, 0.25) is 6.79 Å². The zero-order chi connectivity index (χ0) is 15.8. The average Bonchev–Trinajstić information content (AvgIpc) is 3.17. The number of hydrogen-bond acceptors (Lipinski definition) is 3. The molecule has 0 spiro atoms. The number of fused-ring (bicyclic) bond motifs is 2. The van der Waals surface area contributed by atoms with Gasteiger partial charge >= 0.3 is 0 Å². The summed E-state index contributed by atoms with van der Waals surface area (Å²) in [6.07, 6.45) is 0. The van der Waals surface area contributed by atoms with E-state index in [0.29, 0.717) is 18.0 Å². The number of benzene rings is 2. The molecule has 3 aromatic rings. The summed E-state index contributed by atoms with van der Waals surface area (Å²) in [5.41, 5.74) is 2.42. The van der Waals surface area contributed by atoms with Gasteiger partial charge in [-0.1, -0.05) is 28.1 Å². The molecule has 1 amide bonds. The van der Waals surface area contributed by atoms with Gasteiger partial charge in [0, 0.05) is 21.9 Å². The van der Waals surface area contributed by atoms with Crippen molar-refractivity contribution in [3.05, 3.63) is 58.2 Å². The lowest BCUT2D eigenvalue weighted by Crippen LogP contribution is -2.23. The number of aromatic amines is 1. The minimum atomic E-state index is -0.144. The maximum absolute atomic E-state index is 12.3. The Hall–Kier alpha value is -2.47. The van der Waals surface area contributed by atoms with Gasteiger partial charge in [0.25, 0.3) is 5.91 Å². The Labute approximate surface area is 140 Å². The monoisotopic (exact) mass is 372 g/mol. The molecule has 116 valence electrons. The number of H-pyrrole nitrogens is 1. The maximum atomic E-state index is 12.3. The standard InChI is InChI=1S/C17H13BrN2O3/c18-12-3-2-11-6-14(20-13(11)7-12)17(21)19-8-10-1-4-15-16(5-10)23-9-22-15/h1-7,20H,8-9H2,(H,19,21). The molecule has 1 aliphatic rings. The molecular weight excluding hydrogens is 360 g/mol. The average molecular weight is 373 g/mol. The number of ether oxygens (including phenoxy) is 2. The third kappa shape index (κ3) is 2.77. The fourth-order valence-corrected chi connectivity index (χ4v) is 2.91. The van der Waals surface area contributed by atoms with Crippen LogP contribution in [-0.4, -0.2) is 17.7 Å². The molecule has 23 heavy (non-hydrogen) atoms. The first-order valence-corrected chi connectivity index (χ1v) is 7.93. The zero-order valence-electron chi connectivity index (χ0n) is 12.1. The van der Waals surface area contributed by atoms with Crippen LogP contribution in [-0.2, 0) is 6.54 Å². The van der Waals surface area contributed by atoms with Gasteiger partial charge in [-0.2, -0.15) is 0 Å². The molecule has 1 aromatic heterocycles. The first kappa shape index (κ1) is 14.1. The zero-order valence-corrected chi connectivity index (χ0v) is 13.6. The highest BCUT2D eigenvalue weighted by Crippen LogP contribution is 2.32. The molecule has 0 unspecified atom stereocenters. The quantitative estimate of drug-likeness (QED) is 0.738. The summed E-state index contributed by atoms with van der Waals surface area (Å²) in [6, 6.07) is 13.3. The van der Waals surface area contributed by atoms with Crippen molar-refractivity contribution in [3.63, 3.8) is 0 Å². The molecule has 2 N–H and O–H groups in total. The van der Waals surface area contributed by atoms with Crippen molar-refractivity contribution >= 4 is 32.7 Å². The van der Waals surface area contributed by atoms with Crippen LogP contribution in [0.4, 0.5) is 0 Å². The molecule has 0 atom stereocenters. The van der Waals surface area contributed by atoms with Crippen LogP contribution in [0.1, 0.15) is 16.1 Å². The van der Waals surface area contributed by atoms with Crippen LogP contribution in [0, 0.1) is 0 Å². The number of amides is 1. The van der Waals surface area contributed by atoms with Gasteiger partial charge in [-0.05, 0) is 35.9 Å². The number of hydrogen-bond donors (Lipinski definition) is 2. The lowest BCUT2D eigenvalue weighted by atomic mass is 10.2. The lowest BCUT2D eigenvalue weighted by Gasteiger charge is -2.05. The van der Waals surface area contributed by atoms with Gasteiger partial charge < -0.3 is 19.8 Å². The summed E-state index contributed by atoms with van der Waals surface area (Å²) in [7, 11) is 0. The lowest BCUT2D eigenvalue weighted by molar-refractivity contribution is 0.0946. The van der Waals surface area contributed by atoms with Crippen LogP contribution in [0.25, 0.3) is 10.9 Å². The van der Waals surface area contributed by atoms with E-state index in [4.69, 9.17) is 9.47 Å². The summed E-state index contributed by atoms with van der Waals surface area (Å²) in [4.78, 5) is 15.4. The molecule has 6 heteroatoms. The Morgan fingerprint density at radius 1 is 1.13 bits per heavy atom. The fourth-order valence-electron chi connectivity index (χ4n) is 2.55. The van der Waals surface area contributed by atoms with E-state index in [2.05, 4.69) is 26.2 Å². The van der Waals surface area contributed by atoms with Gasteiger partial charge in [0.05, 0.1) is 0 Å². The minimum absolute atomic E-state index is 0.144. The topological polar surface area (TPSA) is 63.4 Å². The van der Waals surface area contributed by atoms with Crippen molar-refractivity contribution in [2.45, 2.75) is 6.54 Å². The SMILES string of the molecule is O=C(NCc1ccc2c(c1)OCO2)c1cc2ccc(Br)cc2[nH]1. The number of rotatable bonds is 3. The molecule has 0 bridgehead atoms. The Balaban J connectivity index is 1.48. The molecule has 0 saturated carbocycles. The van der Waals surface area contributed by atoms with E-state index in [-0.39, 0.29) is 12.7 Å². The Morgan fingerprint density at radius 3 is 2.91 bits per heavy atom. The van der Waals surface area contributed by atoms with Gasteiger partial charge in [-0.3, -0.25) is 4.79 Å². The summed E-state index contributed by atoms with van der Waals surface area (Å²) in [5.74, 6) is 1.31. The fraction of sp³-hybridized carbons (Fsp3) is 0.118. The van der Waals surface area contributed by atoms with E-state index < -0.39 is 0 Å². The van der Waals surface area contributed by atoms with Crippen LogP contribution < -0.4 is 14.8 Å². The molecule has 0 aliphatic carbocycles. The number of halogens is 1. The van der Waals surface area contributed by atoms with Gasteiger partial charge in [-0.25, -0.2) is 0 Å². The molecule has 1 aliphatic heterocycles. The smallest absolute Gasteiger partial charge is 0.267 e. The van der Waals surface area contributed by atoms with Gasteiger partial charge in [0.15, 0.2) is 11.5 Å². The Morgan fingerprint density at radius 2 is 2.00 bits per heavy atom. The number of carbonyl (C=O) groups is 1. The molecule has 0 fully saturated rings. The molecule has 0 radical (unpaired) electrons. The van der Waals surface area contributed by atoms with Crippen molar-refractivity contribution in [1.29, 1.82) is 0 Å². The predicted molar refractivity (Wildman–Crippen MR) is 89.7 cm³/mol. The van der Waals surface area contributed by atoms with Crippen molar-refractivity contribution < 1.29 is 14.3 Å². The van der Waals surface area contributed by atoms with E-state index >= 15 is 0 Å². The highest BCUT2D eigenvalue weighted by Gasteiger charge is 2.14. The van der Waals surface area contributed by atoms with E-state index in [1.807, 2.05) is 42.5 Å². The molecule has 4 rings (SSSR count). The Kier molecular flexibility index (Phi) is 3.46. The van der Waals surface area contributed by atoms with Gasteiger partial charge in [0.1, 0.15) is 5.69 Å². The summed E-state index contributed by atoms with van der Waals surface area (Å²) in [5, 5.41) is 3.91. The normalized spacial score (nSPS) is 12.6. The maximum Gasteiger partial charge on any atom is 0.267 e. The molecule has 2 heterocycles. The Bertz CT molecular complexity index is 904. The second-order valence-electron chi connectivity index (χ2n) is 5.28. The summed E-state index contributed by atoms with van der Waals surface area (Å²) < 4.78 is 11.6. The van der Waals surface area contributed by atoms with Crippen LogP contribution >= 0.6 is 15.9 Å². The molecular formula is C17H13BrN2O3. The third-order valence-electron chi connectivity index (χ3n) is 3.72. The summed E-state index contributed by atoms with van der Waals surface area (Å²) >= 11 is 3.42. The summed E-state index contributed by atoms with van der Waals surface area (Å²) in [6.45, 7) is 0.671. The molecule has 0 saturated heterocycles. The highest BCUT2D eigenvalue weighted by atomic mass is 79.9. The number of aromatic nitrogens is 1. The van der Waals surface area contributed by atoms with Crippen LogP contribution in [0.3, 0.4) is 0 Å². The number of carbonyl (C=O) groups excluding carboxylic acids is 1. The second-order valence-corrected chi connectivity index (χ2v) is 6.20. The first-order valence-electron chi connectivity index (χ1n) is 7.14. The van der Waals surface area contributed by atoms with Crippen molar-refractivity contribution in [1.82, 2.24) is 10.3 Å². The van der Waals surface area contributed by atoms with Crippen molar-refractivity contribution in [2.75, 3.05) is 6.79 Å².